The molecule has 2 atom stereocenters. The number of hydrogen-bond acceptors (Lipinski definition) is 6. The van der Waals surface area contributed by atoms with Crippen LogP contribution in [-0.2, 0) is 28.8 Å². The van der Waals surface area contributed by atoms with Gasteiger partial charge in [0.05, 0.1) is 0 Å². The van der Waals surface area contributed by atoms with Crippen molar-refractivity contribution >= 4 is 35.8 Å². The molecule has 228 valence electrons. The molecule has 6 N–H and O–H groups in total. The molecule has 0 amide bonds. The molecule has 12 nitrogen and oxygen atoms in total. The zero-order valence-electron chi connectivity index (χ0n) is 23.7. The van der Waals surface area contributed by atoms with Crippen LogP contribution in [0.15, 0.2) is 35.5 Å². The molecular formula is C28H44O12. The lowest BCUT2D eigenvalue weighted by Gasteiger charge is -2.14. The highest BCUT2D eigenvalue weighted by Crippen LogP contribution is 2.22. The number of unbranched alkanes of at least 4 members (excludes halogenated alkanes) is 2. The summed E-state index contributed by atoms with van der Waals surface area (Å²) in [5, 5.41) is 50.5. The Morgan fingerprint density at radius 3 is 1.00 bits per heavy atom. The van der Waals surface area contributed by atoms with Crippen LogP contribution >= 0.6 is 0 Å². The summed E-state index contributed by atoms with van der Waals surface area (Å²) in [5.74, 6) is -6.62. The van der Waals surface area contributed by atoms with E-state index in [1.165, 1.54) is 0 Å². The largest absolute Gasteiger partial charge is 0.478 e. The van der Waals surface area contributed by atoms with E-state index in [0.29, 0.717) is 25.0 Å². The van der Waals surface area contributed by atoms with E-state index in [1.807, 2.05) is 13.8 Å². The Kier molecular flexibility index (Phi) is 25.7. The van der Waals surface area contributed by atoms with Crippen LogP contribution in [0.2, 0.25) is 0 Å². The maximum Gasteiger partial charge on any atom is 0.331 e. The van der Waals surface area contributed by atoms with E-state index in [4.69, 9.17) is 30.6 Å². The molecule has 2 unspecified atom stereocenters. The predicted molar refractivity (Wildman–Crippen MR) is 147 cm³/mol. The minimum absolute atomic E-state index is 0.00421. The maximum atomic E-state index is 10.8. The minimum Gasteiger partial charge on any atom is -0.478 e. The van der Waals surface area contributed by atoms with Gasteiger partial charge in [0, 0.05) is 35.5 Å². The molecular weight excluding hydrogens is 528 g/mol. The monoisotopic (exact) mass is 572 g/mol. The van der Waals surface area contributed by atoms with Crippen LogP contribution < -0.4 is 0 Å². The van der Waals surface area contributed by atoms with Crippen molar-refractivity contribution in [1.82, 2.24) is 0 Å². The fourth-order valence-electron chi connectivity index (χ4n) is 3.37. The second-order valence-electron chi connectivity index (χ2n) is 8.88. The molecule has 0 aromatic carbocycles. The first-order chi connectivity index (χ1) is 18.6. The van der Waals surface area contributed by atoms with Gasteiger partial charge in [-0.1, -0.05) is 79.1 Å². The molecule has 0 bridgehead atoms. The topological polar surface area (TPSA) is 224 Å². The van der Waals surface area contributed by atoms with Crippen molar-refractivity contribution in [2.45, 2.75) is 91.9 Å². The fraction of sp³-hybridized carbons (Fsp3) is 0.571. The summed E-state index contributed by atoms with van der Waals surface area (Å²) >= 11 is 0. The van der Waals surface area contributed by atoms with Crippen molar-refractivity contribution in [3.63, 3.8) is 0 Å². The highest BCUT2D eigenvalue weighted by Gasteiger charge is 2.16. The van der Waals surface area contributed by atoms with Crippen LogP contribution in [-0.4, -0.2) is 66.5 Å². The van der Waals surface area contributed by atoms with Crippen molar-refractivity contribution in [2.75, 3.05) is 0 Å². The maximum absolute atomic E-state index is 10.8. The predicted octanol–water partition coefficient (Wildman–Crippen LogP) is 5.09. The molecule has 0 radical (unpaired) electrons. The molecule has 0 saturated carbocycles. The fourth-order valence-corrected chi connectivity index (χ4v) is 3.37. The molecule has 0 aromatic rings. The summed E-state index contributed by atoms with van der Waals surface area (Å²) in [5.41, 5.74) is -0.00842. The third kappa shape index (κ3) is 27.1. The summed E-state index contributed by atoms with van der Waals surface area (Å²) in [4.78, 5) is 61.7. The van der Waals surface area contributed by atoms with Crippen LogP contribution in [0.3, 0.4) is 0 Å². The van der Waals surface area contributed by atoms with Crippen LogP contribution in [0.1, 0.15) is 91.9 Å². The summed E-state index contributed by atoms with van der Waals surface area (Å²) in [7, 11) is 0. The van der Waals surface area contributed by atoms with E-state index in [1.54, 1.807) is 0 Å². The van der Waals surface area contributed by atoms with Gasteiger partial charge in [-0.15, -0.1) is 0 Å². The lowest BCUT2D eigenvalue weighted by Crippen LogP contribution is -2.09. The Balaban J connectivity index is -0.000000543. The summed E-state index contributed by atoms with van der Waals surface area (Å²) in [6.45, 7) is 8.16. The SMILES string of the molecule is CCCCC(CC)C/C(=C/C(=O)O)C(=O)O.CCCCC(CC)C/C(=C/C(=O)O)C(=O)O.O=C(O)/C=C\C(=O)O. The Bertz CT molecular complexity index is 827. The van der Waals surface area contributed by atoms with E-state index < -0.39 is 35.8 Å². The number of carboxylic acid groups (broad SMARTS) is 6. The highest BCUT2D eigenvalue weighted by molar-refractivity contribution is 5.95. The number of carbonyl (C=O) groups is 6. The third-order valence-electron chi connectivity index (χ3n) is 5.62. The van der Waals surface area contributed by atoms with E-state index in [0.717, 1.165) is 63.5 Å². The van der Waals surface area contributed by atoms with Crippen molar-refractivity contribution in [3.8, 4) is 0 Å². The number of aliphatic carboxylic acids is 6. The molecule has 0 aliphatic heterocycles. The zero-order valence-corrected chi connectivity index (χ0v) is 23.7. The van der Waals surface area contributed by atoms with Crippen LogP contribution in [0.5, 0.6) is 0 Å². The van der Waals surface area contributed by atoms with E-state index in [-0.39, 0.29) is 23.0 Å². The van der Waals surface area contributed by atoms with Gasteiger partial charge >= 0.3 is 35.8 Å². The first kappa shape index (κ1) is 40.5. The molecule has 0 spiro atoms. The van der Waals surface area contributed by atoms with Gasteiger partial charge in [-0.3, -0.25) is 0 Å². The van der Waals surface area contributed by atoms with Crippen molar-refractivity contribution in [1.29, 1.82) is 0 Å². The molecule has 0 heterocycles. The number of hydrogen-bond donors (Lipinski definition) is 6. The first-order valence-electron chi connectivity index (χ1n) is 13.1. The number of carboxylic acids is 6. The smallest absolute Gasteiger partial charge is 0.331 e. The Morgan fingerprint density at radius 2 is 0.825 bits per heavy atom. The Labute approximate surface area is 234 Å². The second kappa shape index (κ2) is 25.3. The molecule has 0 aromatic heterocycles. The van der Waals surface area contributed by atoms with Crippen LogP contribution in [0, 0.1) is 11.8 Å². The molecule has 0 aliphatic rings. The van der Waals surface area contributed by atoms with E-state index in [9.17, 15) is 28.8 Å². The molecule has 0 fully saturated rings. The summed E-state index contributed by atoms with van der Waals surface area (Å²) in [6.07, 6.45) is 11.3. The van der Waals surface area contributed by atoms with Gasteiger partial charge in [0.1, 0.15) is 0 Å². The van der Waals surface area contributed by atoms with Crippen LogP contribution in [0.4, 0.5) is 0 Å². The van der Waals surface area contributed by atoms with Gasteiger partial charge in [0.15, 0.2) is 0 Å². The quantitative estimate of drug-likeness (QED) is 0.118. The van der Waals surface area contributed by atoms with Crippen LogP contribution in [0.25, 0.3) is 0 Å². The van der Waals surface area contributed by atoms with Gasteiger partial charge in [-0.2, -0.15) is 0 Å². The molecule has 0 aliphatic carbocycles. The number of rotatable bonds is 18. The highest BCUT2D eigenvalue weighted by atomic mass is 16.4. The molecule has 0 rings (SSSR count). The Hall–Kier alpha value is -3.96. The van der Waals surface area contributed by atoms with Gasteiger partial charge in [-0.05, 0) is 24.7 Å². The van der Waals surface area contributed by atoms with Crippen molar-refractivity contribution in [3.05, 3.63) is 35.5 Å². The van der Waals surface area contributed by atoms with Crippen molar-refractivity contribution < 1.29 is 59.4 Å². The first-order valence-corrected chi connectivity index (χ1v) is 13.1. The van der Waals surface area contributed by atoms with Gasteiger partial charge in [-0.25, -0.2) is 28.8 Å². The molecule has 40 heavy (non-hydrogen) atoms. The zero-order chi connectivity index (χ0) is 31.7. The third-order valence-corrected chi connectivity index (χ3v) is 5.62. The second-order valence-corrected chi connectivity index (χ2v) is 8.88. The van der Waals surface area contributed by atoms with E-state index >= 15 is 0 Å². The van der Waals surface area contributed by atoms with Gasteiger partial charge < -0.3 is 30.6 Å². The Morgan fingerprint density at radius 1 is 0.525 bits per heavy atom. The standard InChI is InChI=1S/2C12H20O4.C4H4O4/c2*1-3-5-6-9(4-2)7-10(12(15)16)8-11(13)14;5-3(6)1-2-4(7)8/h2*8-9H,3-7H2,1-2H3,(H,13,14)(H,15,16);1-2H,(H,5,6)(H,7,8)/b2*10-8-;2-1-. The molecule has 0 saturated heterocycles. The van der Waals surface area contributed by atoms with Gasteiger partial charge in [0.2, 0.25) is 0 Å². The lowest BCUT2D eigenvalue weighted by atomic mass is 9.91. The summed E-state index contributed by atoms with van der Waals surface area (Å²) < 4.78 is 0. The average molecular weight is 573 g/mol. The van der Waals surface area contributed by atoms with Gasteiger partial charge in [0.25, 0.3) is 0 Å². The van der Waals surface area contributed by atoms with Crippen molar-refractivity contribution in [2.24, 2.45) is 11.8 Å². The lowest BCUT2D eigenvalue weighted by molar-refractivity contribution is -0.135. The van der Waals surface area contributed by atoms with E-state index in [2.05, 4.69) is 13.8 Å². The normalized spacial score (nSPS) is 12.7. The minimum atomic E-state index is -1.26. The average Bonchev–Trinajstić information content (AvgIpc) is 2.86. The molecule has 12 heteroatoms. The summed E-state index contributed by atoms with van der Waals surface area (Å²) in [6, 6.07) is 0.